The average molecular weight is 421 g/mol. The Morgan fingerprint density at radius 3 is 2.83 bits per heavy atom. The summed E-state index contributed by atoms with van der Waals surface area (Å²) in [5.74, 6) is -0.798. The first-order valence-electron chi connectivity index (χ1n) is 10.3. The number of esters is 1. The zero-order valence-corrected chi connectivity index (χ0v) is 17.5. The quantitative estimate of drug-likeness (QED) is 0.425. The molecule has 4 rings (SSSR count). The number of ether oxygens (including phenoxy) is 1. The number of benzene rings is 1. The minimum Gasteiger partial charge on any atom is -0.452 e. The lowest BCUT2D eigenvalue weighted by atomic mass is 9.97. The number of fused-ring (bicyclic) bond motifs is 1. The molecule has 1 amide bonds. The van der Waals surface area contributed by atoms with Crippen molar-refractivity contribution < 1.29 is 14.3 Å². The highest BCUT2D eigenvalue weighted by molar-refractivity contribution is 7.13. The van der Waals surface area contributed by atoms with Gasteiger partial charge in [0, 0.05) is 11.9 Å². The van der Waals surface area contributed by atoms with Gasteiger partial charge in [0.25, 0.3) is 5.91 Å². The summed E-state index contributed by atoms with van der Waals surface area (Å²) in [6.07, 6.45) is 7.86. The lowest BCUT2D eigenvalue weighted by Gasteiger charge is -2.13. The number of amides is 1. The number of nitrogens with zero attached hydrogens (tertiary/aromatic N) is 1. The first kappa shape index (κ1) is 20.3. The maximum Gasteiger partial charge on any atom is 0.339 e. The van der Waals surface area contributed by atoms with Crippen LogP contribution in [0.1, 0.15) is 42.5 Å². The minimum absolute atomic E-state index is 0.281. The molecule has 154 valence electrons. The zero-order valence-electron chi connectivity index (χ0n) is 16.7. The summed E-state index contributed by atoms with van der Waals surface area (Å²) in [6, 6.07) is 13.1. The van der Waals surface area contributed by atoms with Gasteiger partial charge in [-0.15, -0.1) is 11.3 Å². The molecule has 3 aromatic rings. The largest absolute Gasteiger partial charge is 0.452 e. The van der Waals surface area contributed by atoms with E-state index in [1.54, 1.807) is 17.4 Å². The van der Waals surface area contributed by atoms with E-state index >= 15 is 0 Å². The number of hydrogen-bond acceptors (Lipinski definition) is 5. The highest BCUT2D eigenvalue weighted by Crippen LogP contribution is 2.28. The highest BCUT2D eigenvalue weighted by atomic mass is 32.1. The van der Waals surface area contributed by atoms with Gasteiger partial charge in [-0.3, -0.25) is 4.79 Å². The predicted molar refractivity (Wildman–Crippen MR) is 120 cm³/mol. The first-order valence-corrected chi connectivity index (χ1v) is 11.1. The van der Waals surface area contributed by atoms with Crippen LogP contribution in [-0.4, -0.2) is 30.0 Å². The van der Waals surface area contributed by atoms with Gasteiger partial charge in [0.2, 0.25) is 0 Å². The monoisotopic (exact) mass is 420 g/mol. The second-order valence-corrected chi connectivity index (χ2v) is 8.28. The second-order valence-electron chi connectivity index (χ2n) is 7.33. The molecule has 1 aliphatic rings. The molecule has 2 aromatic heterocycles. The molecule has 0 bridgehead atoms. The summed E-state index contributed by atoms with van der Waals surface area (Å²) in [5.41, 5.74) is 3.27. The van der Waals surface area contributed by atoms with Crippen LogP contribution in [0.3, 0.4) is 0 Å². The van der Waals surface area contributed by atoms with Crippen molar-refractivity contribution in [2.45, 2.75) is 32.1 Å². The standard InChI is InChI=1S/C24H24N2O3S/c27-23(25-13-12-17-7-2-1-3-8-17)16-29-24(28)19-15-21(22-11-6-14-30-22)26-20-10-5-4-9-18(19)20/h4-7,9-11,14-15H,1-3,8,12-13,16H2,(H,25,27). The van der Waals surface area contributed by atoms with Crippen LogP contribution in [0.25, 0.3) is 21.5 Å². The summed E-state index contributed by atoms with van der Waals surface area (Å²) in [4.78, 5) is 30.5. The number of pyridine rings is 1. The van der Waals surface area contributed by atoms with E-state index in [4.69, 9.17) is 4.74 Å². The van der Waals surface area contributed by atoms with E-state index in [2.05, 4.69) is 16.4 Å². The summed E-state index contributed by atoms with van der Waals surface area (Å²) < 4.78 is 5.32. The lowest BCUT2D eigenvalue weighted by molar-refractivity contribution is -0.124. The van der Waals surface area contributed by atoms with Gasteiger partial charge in [-0.25, -0.2) is 9.78 Å². The Labute approximate surface area is 179 Å². The number of nitrogens with one attached hydrogen (secondary N) is 1. The molecule has 1 aliphatic carbocycles. The fourth-order valence-corrected chi connectivity index (χ4v) is 4.34. The van der Waals surface area contributed by atoms with Crippen molar-refractivity contribution in [2.24, 2.45) is 0 Å². The Morgan fingerprint density at radius 2 is 2.03 bits per heavy atom. The number of allylic oxidation sites excluding steroid dienone is 1. The maximum absolute atomic E-state index is 12.8. The Hall–Kier alpha value is -2.99. The van der Waals surface area contributed by atoms with E-state index in [1.165, 1.54) is 18.4 Å². The molecule has 1 aromatic carbocycles. The molecule has 0 spiro atoms. The normalized spacial score (nSPS) is 13.7. The molecule has 0 saturated heterocycles. The van der Waals surface area contributed by atoms with E-state index in [1.807, 2.05) is 41.8 Å². The van der Waals surface area contributed by atoms with Crippen LogP contribution in [0.4, 0.5) is 0 Å². The maximum atomic E-state index is 12.8. The molecule has 1 N–H and O–H groups in total. The van der Waals surface area contributed by atoms with Crippen molar-refractivity contribution in [3.8, 4) is 10.6 Å². The Balaban J connectivity index is 1.40. The third-order valence-electron chi connectivity index (χ3n) is 5.20. The summed E-state index contributed by atoms with van der Waals surface area (Å²) in [6.45, 7) is 0.284. The highest BCUT2D eigenvalue weighted by Gasteiger charge is 2.17. The van der Waals surface area contributed by atoms with Gasteiger partial charge in [0.05, 0.1) is 21.7 Å². The number of carbonyl (C=O) groups is 2. The number of hydrogen-bond donors (Lipinski definition) is 1. The van der Waals surface area contributed by atoms with Crippen LogP contribution in [0.2, 0.25) is 0 Å². The van der Waals surface area contributed by atoms with Crippen LogP contribution in [0.15, 0.2) is 59.5 Å². The van der Waals surface area contributed by atoms with Crippen molar-refractivity contribution in [3.05, 3.63) is 65.1 Å². The van der Waals surface area contributed by atoms with Gasteiger partial charge < -0.3 is 10.1 Å². The fraction of sp³-hybridized carbons (Fsp3) is 0.292. The Morgan fingerprint density at radius 1 is 1.13 bits per heavy atom. The van der Waals surface area contributed by atoms with Gasteiger partial charge in [-0.05, 0) is 55.7 Å². The van der Waals surface area contributed by atoms with Gasteiger partial charge in [0.1, 0.15) is 0 Å². The molecule has 6 heteroatoms. The molecule has 0 fully saturated rings. The SMILES string of the molecule is O=C(COC(=O)c1cc(-c2cccs2)nc2ccccc12)NCCC1=CCCCC1. The van der Waals surface area contributed by atoms with Gasteiger partial charge >= 0.3 is 5.97 Å². The van der Waals surface area contributed by atoms with Crippen LogP contribution < -0.4 is 5.32 Å². The van der Waals surface area contributed by atoms with Gasteiger partial charge in [-0.1, -0.05) is 35.9 Å². The van der Waals surface area contributed by atoms with Crippen molar-refractivity contribution in [1.29, 1.82) is 0 Å². The third-order valence-corrected chi connectivity index (χ3v) is 6.09. The molecule has 0 aliphatic heterocycles. The number of rotatable bonds is 7. The van der Waals surface area contributed by atoms with Crippen molar-refractivity contribution >= 4 is 34.1 Å². The van der Waals surface area contributed by atoms with Crippen molar-refractivity contribution in [3.63, 3.8) is 0 Å². The molecular weight excluding hydrogens is 396 g/mol. The van der Waals surface area contributed by atoms with E-state index in [0.717, 1.165) is 35.4 Å². The number of aromatic nitrogens is 1. The van der Waals surface area contributed by atoms with Crippen LogP contribution in [-0.2, 0) is 9.53 Å². The van der Waals surface area contributed by atoms with Crippen LogP contribution >= 0.6 is 11.3 Å². The molecule has 0 atom stereocenters. The van der Waals surface area contributed by atoms with E-state index in [-0.39, 0.29) is 12.5 Å². The number of carbonyl (C=O) groups excluding carboxylic acids is 2. The summed E-state index contributed by atoms with van der Waals surface area (Å²) in [5, 5.41) is 5.53. The topological polar surface area (TPSA) is 68.3 Å². The Kier molecular flexibility index (Phi) is 6.54. The molecule has 0 unspecified atom stereocenters. The van der Waals surface area contributed by atoms with Crippen molar-refractivity contribution in [2.75, 3.05) is 13.2 Å². The lowest BCUT2D eigenvalue weighted by Crippen LogP contribution is -2.30. The molecule has 2 heterocycles. The van der Waals surface area contributed by atoms with Gasteiger partial charge in [-0.2, -0.15) is 0 Å². The number of para-hydroxylation sites is 1. The molecular formula is C24H24N2O3S. The van der Waals surface area contributed by atoms with E-state index in [0.29, 0.717) is 17.5 Å². The molecule has 0 radical (unpaired) electrons. The molecule has 0 saturated carbocycles. The van der Waals surface area contributed by atoms with Crippen LogP contribution in [0, 0.1) is 0 Å². The third kappa shape index (κ3) is 4.94. The second kappa shape index (κ2) is 9.67. The van der Waals surface area contributed by atoms with Crippen molar-refractivity contribution in [1.82, 2.24) is 10.3 Å². The summed E-state index contributed by atoms with van der Waals surface area (Å²) in [7, 11) is 0. The molecule has 30 heavy (non-hydrogen) atoms. The van der Waals surface area contributed by atoms with E-state index < -0.39 is 5.97 Å². The van der Waals surface area contributed by atoms with Gasteiger partial charge in [0.15, 0.2) is 6.61 Å². The summed E-state index contributed by atoms with van der Waals surface area (Å²) >= 11 is 1.56. The first-order chi connectivity index (χ1) is 14.7. The Bertz CT molecular complexity index is 1070. The van der Waals surface area contributed by atoms with Crippen LogP contribution in [0.5, 0.6) is 0 Å². The average Bonchev–Trinajstić information content (AvgIpc) is 3.32. The number of thiophene rings is 1. The van der Waals surface area contributed by atoms with E-state index in [9.17, 15) is 9.59 Å². The smallest absolute Gasteiger partial charge is 0.339 e. The predicted octanol–water partition coefficient (Wildman–Crippen LogP) is 5.13. The zero-order chi connectivity index (χ0) is 20.8. The minimum atomic E-state index is -0.517. The molecule has 5 nitrogen and oxygen atoms in total. The fourth-order valence-electron chi connectivity index (χ4n) is 3.65.